The number of oxazole rings is 1. The molecule has 4 rings (SSSR count). The summed E-state index contributed by atoms with van der Waals surface area (Å²) < 4.78 is 43.9. The van der Waals surface area contributed by atoms with E-state index in [0.717, 1.165) is 36.2 Å². The first-order chi connectivity index (χ1) is 13.9. The molecule has 0 amide bonds. The zero-order valence-corrected chi connectivity index (χ0v) is 15.8. The highest BCUT2D eigenvalue weighted by Crippen LogP contribution is 2.33. The van der Waals surface area contributed by atoms with Crippen LogP contribution in [0.5, 0.6) is 0 Å². The number of nitrogens with one attached hydrogen (secondary N) is 1. The van der Waals surface area contributed by atoms with E-state index in [-0.39, 0.29) is 0 Å². The highest BCUT2D eigenvalue weighted by atomic mass is 19.4. The van der Waals surface area contributed by atoms with Gasteiger partial charge in [-0.3, -0.25) is 0 Å². The van der Waals surface area contributed by atoms with Crippen molar-refractivity contribution in [1.29, 1.82) is 0 Å². The van der Waals surface area contributed by atoms with Crippen molar-refractivity contribution < 1.29 is 17.6 Å². The summed E-state index contributed by atoms with van der Waals surface area (Å²) in [5, 5.41) is 3.51. The van der Waals surface area contributed by atoms with Crippen molar-refractivity contribution in [3.8, 4) is 22.8 Å². The number of halogens is 3. The molecule has 3 N–H and O–H groups in total. The first kappa shape index (κ1) is 19.4. The Morgan fingerprint density at radius 1 is 0.966 bits per heavy atom. The maximum absolute atomic E-state index is 12.7. The van der Waals surface area contributed by atoms with Crippen LogP contribution in [-0.4, -0.2) is 11.0 Å². The van der Waals surface area contributed by atoms with Crippen LogP contribution in [0, 0.1) is 0 Å². The summed E-state index contributed by atoms with van der Waals surface area (Å²) in [6.07, 6.45) is 3.20. The molecule has 1 aromatic heterocycles. The number of alkyl halides is 3. The Labute approximate surface area is 166 Å². The van der Waals surface area contributed by atoms with Gasteiger partial charge >= 0.3 is 6.18 Å². The number of nitrogen functional groups attached to an aromatic ring is 1. The monoisotopic (exact) mass is 401 g/mol. The molecule has 0 saturated heterocycles. The highest BCUT2D eigenvalue weighted by Gasteiger charge is 2.30. The van der Waals surface area contributed by atoms with E-state index in [1.807, 2.05) is 12.1 Å². The molecule has 0 spiro atoms. The fraction of sp³-hybridized carbons (Fsp3) is 0.318. The van der Waals surface area contributed by atoms with Gasteiger partial charge in [0.15, 0.2) is 5.76 Å². The number of rotatable bonds is 4. The normalized spacial score (nSPS) is 15.4. The fourth-order valence-corrected chi connectivity index (χ4v) is 3.66. The first-order valence-corrected chi connectivity index (χ1v) is 9.70. The number of benzene rings is 2. The molecule has 0 atom stereocenters. The molecule has 7 heteroatoms. The van der Waals surface area contributed by atoms with Gasteiger partial charge in [-0.1, -0.05) is 31.4 Å². The molecule has 0 unspecified atom stereocenters. The number of aromatic nitrogens is 1. The Balaban J connectivity index is 1.51. The lowest BCUT2D eigenvalue weighted by atomic mass is 9.95. The van der Waals surface area contributed by atoms with Crippen molar-refractivity contribution in [2.75, 3.05) is 11.1 Å². The van der Waals surface area contributed by atoms with Gasteiger partial charge in [-0.2, -0.15) is 13.2 Å². The molecule has 1 fully saturated rings. The minimum atomic E-state index is -4.37. The van der Waals surface area contributed by atoms with E-state index in [0.29, 0.717) is 28.9 Å². The standard InChI is InChI=1S/C22H22F3N3O/c23-22(24,25)16-9-6-14(7-10-16)20-13-27-21(29-20)15-8-11-19(18(26)12-15)28-17-4-2-1-3-5-17/h6-13,17,28H,1-5,26H2. The van der Waals surface area contributed by atoms with Crippen LogP contribution in [0.25, 0.3) is 22.8 Å². The molecule has 152 valence electrons. The maximum Gasteiger partial charge on any atom is 0.416 e. The Hall–Kier alpha value is -2.96. The van der Waals surface area contributed by atoms with E-state index >= 15 is 0 Å². The van der Waals surface area contributed by atoms with Crippen molar-refractivity contribution in [1.82, 2.24) is 4.98 Å². The number of hydrogen-bond acceptors (Lipinski definition) is 4. The van der Waals surface area contributed by atoms with Crippen LogP contribution < -0.4 is 11.1 Å². The zero-order valence-electron chi connectivity index (χ0n) is 15.8. The van der Waals surface area contributed by atoms with Crippen molar-refractivity contribution in [3.63, 3.8) is 0 Å². The Bertz CT molecular complexity index is 974. The van der Waals surface area contributed by atoms with Crippen molar-refractivity contribution in [2.45, 2.75) is 44.3 Å². The topological polar surface area (TPSA) is 64.1 Å². The molecule has 1 heterocycles. The largest absolute Gasteiger partial charge is 0.436 e. The van der Waals surface area contributed by atoms with Crippen molar-refractivity contribution in [3.05, 3.63) is 54.2 Å². The van der Waals surface area contributed by atoms with Gasteiger partial charge < -0.3 is 15.5 Å². The lowest BCUT2D eigenvalue weighted by Crippen LogP contribution is -2.22. The van der Waals surface area contributed by atoms with Gasteiger partial charge in [-0.15, -0.1) is 0 Å². The summed E-state index contributed by atoms with van der Waals surface area (Å²) in [6.45, 7) is 0. The number of nitrogens with two attached hydrogens (primary N) is 1. The van der Waals surface area contributed by atoms with Gasteiger partial charge in [0.25, 0.3) is 0 Å². The van der Waals surface area contributed by atoms with E-state index in [2.05, 4.69) is 10.3 Å². The SMILES string of the molecule is Nc1cc(-c2ncc(-c3ccc(C(F)(F)F)cc3)o2)ccc1NC1CCCCC1. The quantitative estimate of drug-likeness (QED) is 0.500. The van der Waals surface area contributed by atoms with Crippen LogP contribution in [-0.2, 0) is 6.18 Å². The van der Waals surface area contributed by atoms with Crippen LogP contribution in [0.2, 0.25) is 0 Å². The lowest BCUT2D eigenvalue weighted by molar-refractivity contribution is -0.137. The van der Waals surface area contributed by atoms with Crippen molar-refractivity contribution in [2.24, 2.45) is 0 Å². The molecule has 0 bridgehead atoms. The van der Waals surface area contributed by atoms with Gasteiger partial charge in [0.2, 0.25) is 5.89 Å². The molecule has 1 saturated carbocycles. The minimum Gasteiger partial charge on any atom is -0.436 e. The van der Waals surface area contributed by atoms with Gasteiger partial charge in [-0.25, -0.2) is 4.98 Å². The van der Waals surface area contributed by atoms with Crippen molar-refractivity contribution >= 4 is 11.4 Å². The van der Waals surface area contributed by atoms with E-state index in [1.165, 1.54) is 37.6 Å². The number of nitrogens with zero attached hydrogens (tertiary/aromatic N) is 1. The second kappa shape index (κ2) is 7.81. The van der Waals surface area contributed by atoms with E-state index in [4.69, 9.17) is 10.2 Å². The van der Waals surface area contributed by atoms with Gasteiger partial charge in [0.05, 0.1) is 23.1 Å². The minimum absolute atomic E-state index is 0.371. The fourth-order valence-electron chi connectivity index (χ4n) is 3.66. The molecule has 4 nitrogen and oxygen atoms in total. The summed E-state index contributed by atoms with van der Waals surface area (Å²) in [5.41, 5.74) is 8.27. The molecule has 2 aromatic carbocycles. The number of hydrogen-bond donors (Lipinski definition) is 2. The Kier molecular flexibility index (Phi) is 5.22. The van der Waals surface area contributed by atoms with Crippen LogP contribution in [0.15, 0.2) is 53.1 Å². The molecule has 0 aliphatic heterocycles. The predicted octanol–water partition coefficient (Wildman–Crippen LogP) is 6.35. The molecule has 1 aliphatic carbocycles. The Morgan fingerprint density at radius 2 is 1.66 bits per heavy atom. The van der Waals surface area contributed by atoms with Gasteiger partial charge in [-0.05, 0) is 43.2 Å². The summed E-state index contributed by atoms with van der Waals surface area (Å²) >= 11 is 0. The zero-order chi connectivity index (χ0) is 20.4. The highest BCUT2D eigenvalue weighted by molar-refractivity contribution is 5.74. The predicted molar refractivity (Wildman–Crippen MR) is 107 cm³/mol. The molecule has 0 radical (unpaired) electrons. The lowest BCUT2D eigenvalue weighted by Gasteiger charge is -2.24. The molecule has 29 heavy (non-hydrogen) atoms. The van der Waals surface area contributed by atoms with E-state index < -0.39 is 11.7 Å². The average Bonchev–Trinajstić information content (AvgIpc) is 3.20. The molecule has 1 aliphatic rings. The maximum atomic E-state index is 12.7. The van der Waals surface area contributed by atoms with E-state index in [9.17, 15) is 13.2 Å². The smallest absolute Gasteiger partial charge is 0.416 e. The third-order valence-corrected chi connectivity index (χ3v) is 5.27. The summed E-state index contributed by atoms with van der Waals surface area (Å²) in [4.78, 5) is 4.26. The Morgan fingerprint density at radius 3 is 2.31 bits per heavy atom. The summed E-state index contributed by atoms with van der Waals surface area (Å²) in [5.74, 6) is 0.771. The molecule has 3 aromatic rings. The first-order valence-electron chi connectivity index (χ1n) is 9.70. The number of anilines is 2. The summed E-state index contributed by atoms with van der Waals surface area (Å²) in [6, 6.07) is 10.9. The van der Waals surface area contributed by atoms with Crippen LogP contribution in [0.1, 0.15) is 37.7 Å². The van der Waals surface area contributed by atoms with Gasteiger partial charge in [0.1, 0.15) is 0 Å². The third-order valence-electron chi connectivity index (χ3n) is 5.27. The molecular formula is C22H22F3N3O. The average molecular weight is 401 g/mol. The second-order valence-electron chi connectivity index (χ2n) is 7.39. The summed E-state index contributed by atoms with van der Waals surface area (Å²) in [7, 11) is 0. The van der Waals surface area contributed by atoms with Crippen LogP contribution in [0.4, 0.5) is 24.5 Å². The second-order valence-corrected chi connectivity index (χ2v) is 7.39. The van der Waals surface area contributed by atoms with Crippen LogP contribution >= 0.6 is 0 Å². The van der Waals surface area contributed by atoms with Gasteiger partial charge in [0, 0.05) is 17.2 Å². The molecular weight excluding hydrogens is 379 g/mol. The third kappa shape index (κ3) is 4.39. The van der Waals surface area contributed by atoms with Crippen LogP contribution in [0.3, 0.4) is 0 Å². The van der Waals surface area contributed by atoms with E-state index in [1.54, 1.807) is 6.07 Å².